The van der Waals surface area contributed by atoms with Crippen LogP contribution in [0.3, 0.4) is 0 Å². The molecule has 25 heavy (non-hydrogen) atoms. The minimum Gasteiger partial charge on any atom is -0.456 e. The number of fused-ring (bicyclic) bond motifs is 3. The molecule has 124 valence electrons. The van der Waals surface area contributed by atoms with E-state index in [1.165, 1.54) is 30.0 Å². The fourth-order valence-corrected chi connectivity index (χ4v) is 3.92. The van der Waals surface area contributed by atoms with Gasteiger partial charge in [0.15, 0.2) is 0 Å². The van der Waals surface area contributed by atoms with Gasteiger partial charge in [-0.25, -0.2) is 4.79 Å². The third kappa shape index (κ3) is 2.47. The molecule has 0 bridgehead atoms. The first-order valence-corrected chi connectivity index (χ1v) is 8.84. The molecule has 3 nitrogen and oxygen atoms in total. The zero-order chi connectivity index (χ0) is 17.0. The van der Waals surface area contributed by atoms with Gasteiger partial charge in [0, 0.05) is 27.4 Å². The van der Waals surface area contributed by atoms with Crippen LogP contribution in [0.4, 0.5) is 0 Å². The molecule has 0 amide bonds. The normalized spacial score (nSPS) is 14.1. The fraction of sp³-hybridized carbons (Fsp3) is 0.190. The monoisotopic (exact) mass is 350 g/mol. The van der Waals surface area contributed by atoms with Crippen molar-refractivity contribution in [3.05, 3.63) is 69.0 Å². The highest BCUT2D eigenvalue weighted by Crippen LogP contribution is 2.35. The van der Waals surface area contributed by atoms with Gasteiger partial charge in [-0.15, -0.1) is 0 Å². The van der Waals surface area contributed by atoms with E-state index < -0.39 is 0 Å². The molecule has 1 aliphatic rings. The molecule has 4 aromatic rings. The van der Waals surface area contributed by atoms with E-state index >= 15 is 0 Å². The van der Waals surface area contributed by atoms with Crippen LogP contribution in [0.1, 0.15) is 24.0 Å². The molecule has 0 saturated heterocycles. The van der Waals surface area contributed by atoms with Gasteiger partial charge in [0.25, 0.3) is 0 Å². The molecule has 0 saturated carbocycles. The maximum atomic E-state index is 12.1. The number of furan rings is 1. The Balaban J connectivity index is 1.80. The zero-order valence-corrected chi connectivity index (χ0v) is 14.2. The van der Waals surface area contributed by atoms with Gasteiger partial charge in [0.2, 0.25) is 0 Å². The second-order valence-electron chi connectivity index (χ2n) is 6.60. The van der Waals surface area contributed by atoms with Crippen molar-refractivity contribution in [1.29, 1.82) is 0 Å². The highest BCUT2D eigenvalue weighted by atomic mass is 35.5. The van der Waals surface area contributed by atoms with Crippen LogP contribution in [-0.4, -0.2) is 0 Å². The smallest absolute Gasteiger partial charge is 0.336 e. The third-order valence-electron chi connectivity index (χ3n) is 4.95. The van der Waals surface area contributed by atoms with E-state index in [1.807, 2.05) is 24.3 Å². The van der Waals surface area contributed by atoms with Crippen LogP contribution in [0.15, 0.2) is 56.1 Å². The van der Waals surface area contributed by atoms with Crippen LogP contribution >= 0.6 is 11.6 Å². The lowest BCUT2D eigenvalue weighted by molar-refractivity contribution is 0.558. The molecule has 2 aromatic heterocycles. The lowest BCUT2D eigenvalue weighted by Crippen LogP contribution is -2.04. The van der Waals surface area contributed by atoms with Gasteiger partial charge >= 0.3 is 5.63 Å². The summed E-state index contributed by atoms with van der Waals surface area (Å²) in [6.45, 7) is 0. The van der Waals surface area contributed by atoms with Crippen molar-refractivity contribution in [2.24, 2.45) is 0 Å². The van der Waals surface area contributed by atoms with Crippen LogP contribution in [0.5, 0.6) is 0 Å². The first-order valence-electron chi connectivity index (χ1n) is 8.46. The van der Waals surface area contributed by atoms with Crippen molar-refractivity contribution in [2.45, 2.75) is 25.7 Å². The summed E-state index contributed by atoms with van der Waals surface area (Å²) in [5.41, 5.74) is 4.41. The Hall–Kier alpha value is -2.52. The van der Waals surface area contributed by atoms with Gasteiger partial charge in [-0.2, -0.15) is 0 Å². The largest absolute Gasteiger partial charge is 0.456 e. The van der Waals surface area contributed by atoms with Gasteiger partial charge in [0.05, 0.1) is 0 Å². The maximum absolute atomic E-state index is 12.1. The van der Waals surface area contributed by atoms with Crippen molar-refractivity contribution in [1.82, 2.24) is 0 Å². The Morgan fingerprint density at radius 2 is 1.64 bits per heavy atom. The highest BCUT2D eigenvalue weighted by molar-refractivity contribution is 6.31. The van der Waals surface area contributed by atoms with Crippen molar-refractivity contribution in [2.75, 3.05) is 0 Å². The van der Waals surface area contributed by atoms with Crippen LogP contribution in [0.25, 0.3) is 33.3 Å². The first-order chi connectivity index (χ1) is 12.2. The Morgan fingerprint density at radius 3 is 2.48 bits per heavy atom. The molecule has 0 atom stereocenters. The number of benzene rings is 2. The summed E-state index contributed by atoms with van der Waals surface area (Å²) in [6.07, 6.45) is 4.50. The van der Waals surface area contributed by atoms with E-state index in [-0.39, 0.29) is 5.63 Å². The van der Waals surface area contributed by atoms with E-state index in [1.54, 1.807) is 6.07 Å². The van der Waals surface area contributed by atoms with Crippen LogP contribution < -0.4 is 5.63 Å². The second kappa shape index (κ2) is 5.50. The predicted octanol–water partition coefficient (Wildman–Crippen LogP) is 5.74. The fourth-order valence-electron chi connectivity index (χ4n) is 3.74. The van der Waals surface area contributed by atoms with E-state index in [9.17, 15) is 4.79 Å². The first kappa shape index (κ1) is 14.8. The number of rotatable bonds is 1. The van der Waals surface area contributed by atoms with E-state index in [4.69, 9.17) is 20.4 Å². The average molecular weight is 351 g/mol. The molecule has 0 radical (unpaired) electrons. The molecule has 0 spiro atoms. The second-order valence-corrected chi connectivity index (χ2v) is 7.03. The zero-order valence-electron chi connectivity index (χ0n) is 13.5. The molecule has 2 aromatic carbocycles. The lowest BCUT2D eigenvalue weighted by atomic mass is 9.89. The minimum absolute atomic E-state index is 0.364. The Kier molecular flexibility index (Phi) is 3.25. The van der Waals surface area contributed by atoms with Crippen LogP contribution in [0.2, 0.25) is 5.02 Å². The Morgan fingerprint density at radius 1 is 0.840 bits per heavy atom. The van der Waals surface area contributed by atoms with Crippen molar-refractivity contribution in [3.63, 3.8) is 0 Å². The van der Waals surface area contributed by atoms with Crippen molar-refractivity contribution in [3.8, 4) is 11.3 Å². The van der Waals surface area contributed by atoms with Crippen molar-refractivity contribution >= 4 is 33.5 Å². The summed E-state index contributed by atoms with van der Waals surface area (Å²) in [5, 5.41) is 2.50. The highest BCUT2D eigenvalue weighted by Gasteiger charge is 2.17. The Labute approximate surface area is 148 Å². The number of halogens is 1. The summed E-state index contributed by atoms with van der Waals surface area (Å²) in [4.78, 5) is 12.1. The summed E-state index contributed by atoms with van der Waals surface area (Å²) in [7, 11) is 0. The number of hydrogen-bond acceptors (Lipinski definition) is 3. The molecule has 4 heteroatoms. The van der Waals surface area contributed by atoms with E-state index in [0.717, 1.165) is 34.8 Å². The van der Waals surface area contributed by atoms with Gasteiger partial charge < -0.3 is 8.83 Å². The number of aryl methyl sites for hydroxylation is 2. The summed E-state index contributed by atoms with van der Waals surface area (Å²) in [5.74, 6) is 0.658. The number of hydrogen-bond donors (Lipinski definition) is 0. The topological polar surface area (TPSA) is 43.4 Å². The van der Waals surface area contributed by atoms with Gasteiger partial charge in [-0.3, -0.25) is 0 Å². The molecule has 5 rings (SSSR count). The average Bonchev–Trinajstić information content (AvgIpc) is 3.02. The standard InChI is InChI=1S/C21H15ClO3/c22-15-5-6-18-14(7-15)10-19(24-18)17-11-21(23)25-20-9-13-4-2-1-3-12(13)8-16(17)20/h5-11H,1-4H2. The molecule has 0 fully saturated rings. The summed E-state index contributed by atoms with van der Waals surface area (Å²) >= 11 is 6.07. The van der Waals surface area contributed by atoms with Crippen LogP contribution in [-0.2, 0) is 12.8 Å². The predicted molar refractivity (Wildman–Crippen MR) is 99.3 cm³/mol. The maximum Gasteiger partial charge on any atom is 0.336 e. The SMILES string of the molecule is O=c1cc(-c2cc3cc(Cl)ccc3o2)c2cc3c(cc2o1)CCCC3. The molecule has 2 heterocycles. The molecule has 0 aliphatic heterocycles. The molecule has 1 aliphatic carbocycles. The molecule has 0 N–H and O–H groups in total. The van der Waals surface area contributed by atoms with Gasteiger partial charge in [-0.05, 0) is 73.2 Å². The summed E-state index contributed by atoms with van der Waals surface area (Å²) in [6, 6.07) is 13.1. The molecule has 0 unspecified atom stereocenters. The van der Waals surface area contributed by atoms with E-state index in [0.29, 0.717) is 16.4 Å². The Bertz CT molecular complexity index is 1180. The van der Waals surface area contributed by atoms with Crippen LogP contribution in [0, 0.1) is 0 Å². The lowest BCUT2D eigenvalue weighted by Gasteiger charge is -2.16. The minimum atomic E-state index is -0.364. The third-order valence-corrected chi connectivity index (χ3v) is 5.19. The van der Waals surface area contributed by atoms with Gasteiger partial charge in [0.1, 0.15) is 16.9 Å². The molecular weight excluding hydrogens is 336 g/mol. The summed E-state index contributed by atoms with van der Waals surface area (Å²) < 4.78 is 11.4. The quantitative estimate of drug-likeness (QED) is 0.411. The van der Waals surface area contributed by atoms with E-state index in [2.05, 4.69) is 6.07 Å². The molecular formula is C21H15ClO3. The van der Waals surface area contributed by atoms with Crippen molar-refractivity contribution < 1.29 is 8.83 Å². The van der Waals surface area contributed by atoms with Gasteiger partial charge in [-0.1, -0.05) is 11.6 Å².